The molecule has 0 saturated heterocycles. The zero-order valence-corrected chi connectivity index (χ0v) is 14.2. The number of benzene rings is 1. The summed E-state index contributed by atoms with van der Waals surface area (Å²) in [6, 6.07) is 6.68. The second-order valence-corrected chi connectivity index (χ2v) is 6.08. The van der Waals surface area contributed by atoms with E-state index in [4.69, 9.17) is 0 Å². The van der Waals surface area contributed by atoms with Crippen molar-refractivity contribution in [2.45, 2.75) is 26.0 Å². The number of halogens is 1. The minimum Gasteiger partial charge on any atom is -0.386 e. The molecule has 1 aromatic carbocycles. The zero-order chi connectivity index (χ0) is 18.1. The molecular weight excluding hydrogens is 323 g/mol. The van der Waals surface area contributed by atoms with Gasteiger partial charge in [-0.3, -0.25) is 9.48 Å². The quantitative estimate of drug-likeness (QED) is 0.762. The van der Waals surface area contributed by atoms with Crippen LogP contribution in [0.3, 0.4) is 0 Å². The summed E-state index contributed by atoms with van der Waals surface area (Å²) in [5.41, 5.74) is 2.31. The highest BCUT2D eigenvalue weighted by atomic mass is 19.1. The summed E-state index contributed by atoms with van der Waals surface area (Å²) in [5, 5.41) is 18.0. The molecule has 0 saturated carbocycles. The summed E-state index contributed by atoms with van der Waals surface area (Å²) in [6.07, 6.45) is 0.648. The van der Waals surface area contributed by atoms with E-state index in [1.807, 2.05) is 0 Å². The summed E-state index contributed by atoms with van der Waals surface area (Å²) in [4.78, 5) is 17.1. The maximum atomic E-state index is 13.0. The lowest BCUT2D eigenvalue weighted by molar-refractivity contribution is 0.0853. The number of nitrogens with zero attached hydrogens (tertiary/aromatic N) is 3. The Labute approximate surface area is 144 Å². The molecule has 2 heterocycles. The molecular formula is C18H19FN4O2. The Bertz CT molecular complexity index is 921. The predicted octanol–water partition coefficient (Wildman–Crippen LogP) is 2.27. The van der Waals surface area contributed by atoms with Crippen molar-refractivity contribution >= 4 is 16.9 Å². The molecule has 130 valence electrons. The van der Waals surface area contributed by atoms with Crippen molar-refractivity contribution < 1.29 is 14.3 Å². The lowest BCUT2D eigenvalue weighted by Crippen LogP contribution is -2.37. The van der Waals surface area contributed by atoms with Crippen LogP contribution in [-0.4, -0.2) is 31.8 Å². The number of nitrogens with one attached hydrogen (secondary N) is 1. The number of aryl methyl sites for hydroxylation is 2. The van der Waals surface area contributed by atoms with E-state index in [0.29, 0.717) is 27.9 Å². The van der Waals surface area contributed by atoms with Gasteiger partial charge in [0.1, 0.15) is 5.82 Å². The van der Waals surface area contributed by atoms with E-state index < -0.39 is 12.1 Å². The molecule has 7 heteroatoms. The SMILES string of the molecule is Cc1cc(C(=O)NC(C)C(O)c2ccc(F)cc2)c2cnn(C)c2n1. The first-order valence-electron chi connectivity index (χ1n) is 7.90. The van der Waals surface area contributed by atoms with E-state index in [-0.39, 0.29) is 11.7 Å². The Balaban J connectivity index is 1.83. The maximum absolute atomic E-state index is 13.0. The average Bonchev–Trinajstić information content (AvgIpc) is 2.95. The fourth-order valence-corrected chi connectivity index (χ4v) is 2.74. The number of hydrogen-bond acceptors (Lipinski definition) is 4. The number of amides is 1. The van der Waals surface area contributed by atoms with Crippen LogP contribution in [0.5, 0.6) is 0 Å². The molecule has 0 fully saturated rings. The molecule has 2 aromatic heterocycles. The van der Waals surface area contributed by atoms with Crippen molar-refractivity contribution in [3.8, 4) is 0 Å². The van der Waals surface area contributed by atoms with Gasteiger partial charge in [0.2, 0.25) is 0 Å². The number of rotatable bonds is 4. The number of carbonyl (C=O) groups is 1. The normalized spacial score (nSPS) is 13.6. The van der Waals surface area contributed by atoms with Gasteiger partial charge in [-0.2, -0.15) is 5.10 Å². The van der Waals surface area contributed by atoms with E-state index >= 15 is 0 Å². The van der Waals surface area contributed by atoms with E-state index in [1.54, 1.807) is 37.8 Å². The number of carbonyl (C=O) groups excluding carboxylic acids is 1. The monoisotopic (exact) mass is 342 g/mol. The summed E-state index contributed by atoms with van der Waals surface area (Å²) < 4.78 is 14.6. The number of aliphatic hydroxyl groups excluding tert-OH is 1. The van der Waals surface area contributed by atoms with Crippen LogP contribution in [0.2, 0.25) is 0 Å². The van der Waals surface area contributed by atoms with Gasteiger partial charge in [-0.15, -0.1) is 0 Å². The Hall–Kier alpha value is -2.80. The van der Waals surface area contributed by atoms with Crippen molar-refractivity contribution in [1.29, 1.82) is 0 Å². The highest BCUT2D eigenvalue weighted by Gasteiger charge is 2.21. The highest BCUT2D eigenvalue weighted by Crippen LogP contribution is 2.20. The molecule has 0 bridgehead atoms. The highest BCUT2D eigenvalue weighted by molar-refractivity contribution is 6.05. The van der Waals surface area contributed by atoms with Crippen LogP contribution in [0.1, 0.15) is 34.6 Å². The van der Waals surface area contributed by atoms with Crippen molar-refractivity contribution in [3.63, 3.8) is 0 Å². The zero-order valence-electron chi connectivity index (χ0n) is 14.2. The first-order valence-corrected chi connectivity index (χ1v) is 7.90. The number of pyridine rings is 1. The molecule has 2 N–H and O–H groups in total. The van der Waals surface area contributed by atoms with Gasteiger partial charge in [-0.1, -0.05) is 12.1 Å². The van der Waals surface area contributed by atoms with Crippen molar-refractivity contribution in [2.75, 3.05) is 0 Å². The first kappa shape index (κ1) is 17.0. The Morgan fingerprint density at radius 2 is 2.00 bits per heavy atom. The molecule has 0 aliphatic carbocycles. The third kappa shape index (κ3) is 3.36. The molecule has 0 radical (unpaired) electrons. The van der Waals surface area contributed by atoms with Crippen LogP contribution < -0.4 is 5.32 Å². The van der Waals surface area contributed by atoms with Crippen LogP contribution in [0.25, 0.3) is 11.0 Å². The summed E-state index contributed by atoms with van der Waals surface area (Å²) >= 11 is 0. The minimum absolute atomic E-state index is 0.322. The van der Waals surface area contributed by atoms with Crippen molar-refractivity contribution in [2.24, 2.45) is 7.05 Å². The number of aromatic nitrogens is 3. The number of hydrogen-bond donors (Lipinski definition) is 2. The molecule has 0 aliphatic heterocycles. The van der Waals surface area contributed by atoms with E-state index in [0.717, 1.165) is 0 Å². The second kappa shape index (κ2) is 6.60. The Morgan fingerprint density at radius 3 is 2.68 bits per heavy atom. The third-order valence-corrected chi connectivity index (χ3v) is 4.12. The van der Waals surface area contributed by atoms with Gasteiger partial charge >= 0.3 is 0 Å². The second-order valence-electron chi connectivity index (χ2n) is 6.08. The fourth-order valence-electron chi connectivity index (χ4n) is 2.74. The van der Waals surface area contributed by atoms with Crippen molar-refractivity contribution in [3.05, 3.63) is 59.2 Å². The number of fused-ring (bicyclic) bond motifs is 1. The van der Waals surface area contributed by atoms with Gasteiger partial charge in [0.05, 0.1) is 29.3 Å². The molecule has 3 aromatic rings. The molecule has 3 rings (SSSR count). The average molecular weight is 342 g/mol. The van der Waals surface area contributed by atoms with Crippen LogP contribution in [0.4, 0.5) is 4.39 Å². The summed E-state index contributed by atoms with van der Waals surface area (Å²) in [5.74, 6) is -0.698. The van der Waals surface area contributed by atoms with Crippen LogP contribution >= 0.6 is 0 Å². The minimum atomic E-state index is -0.947. The Morgan fingerprint density at radius 1 is 1.32 bits per heavy atom. The molecule has 1 amide bonds. The largest absolute Gasteiger partial charge is 0.386 e. The Kier molecular flexibility index (Phi) is 4.50. The smallest absolute Gasteiger partial charge is 0.252 e. The maximum Gasteiger partial charge on any atom is 0.252 e. The van der Waals surface area contributed by atoms with Gasteiger partial charge in [-0.25, -0.2) is 9.37 Å². The fraction of sp³-hybridized carbons (Fsp3) is 0.278. The van der Waals surface area contributed by atoms with E-state index in [1.165, 1.54) is 24.3 Å². The van der Waals surface area contributed by atoms with Crippen LogP contribution in [0.15, 0.2) is 36.5 Å². The molecule has 0 spiro atoms. The molecule has 0 aliphatic rings. The summed E-state index contributed by atoms with van der Waals surface area (Å²) in [6.45, 7) is 3.50. The molecule has 2 unspecified atom stereocenters. The van der Waals surface area contributed by atoms with Gasteiger partial charge in [0.15, 0.2) is 5.65 Å². The molecule has 25 heavy (non-hydrogen) atoms. The van der Waals surface area contributed by atoms with Gasteiger partial charge < -0.3 is 10.4 Å². The van der Waals surface area contributed by atoms with E-state index in [2.05, 4.69) is 15.4 Å². The van der Waals surface area contributed by atoms with Gasteiger partial charge in [0, 0.05) is 12.7 Å². The number of aliphatic hydroxyl groups is 1. The van der Waals surface area contributed by atoms with Crippen molar-refractivity contribution in [1.82, 2.24) is 20.1 Å². The van der Waals surface area contributed by atoms with Gasteiger partial charge in [0.25, 0.3) is 5.91 Å². The lowest BCUT2D eigenvalue weighted by Gasteiger charge is -2.21. The van der Waals surface area contributed by atoms with Gasteiger partial charge in [-0.05, 0) is 37.6 Å². The van der Waals surface area contributed by atoms with Crippen LogP contribution in [0, 0.1) is 12.7 Å². The lowest BCUT2D eigenvalue weighted by atomic mass is 10.0. The third-order valence-electron chi connectivity index (χ3n) is 4.12. The predicted molar refractivity (Wildman–Crippen MR) is 91.5 cm³/mol. The standard InChI is InChI=1S/C18H19FN4O2/c1-10-8-14(15-9-20-23(3)17(15)21-10)18(25)22-11(2)16(24)12-4-6-13(19)7-5-12/h4-9,11,16,24H,1-3H3,(H,22,25). The molecule has 2 atom stereocenters. The first-order chi connectivity index (χ1) is 11.9. The van der Waals surface area contributed by atoms with Crippen LogP contribution in [-0.2, 0) is 7.05 Å². The van der Waals surface area contributed by atoms with E-state index in [9.17, 15) is 14.3 Å². The molecule has 6 nitrogen and oxygen atoms in total. The summed E-state index contributed by atoms with van der Waals surface area (Å²) in [7, 11) is 1.76. The topological polar surface area (TPSA) is 80.0 Å².